The lowest BCUT2D eigenvalue weighted by atomic mass is 9.94. The second-order valence-corrected chi connectivity index (χ2v) is 6.93. The fourth-order valence-electron chi connectivity index (χ4n) is 3.60. The Morgan fingerprint density at radius 1 is 1.07 bits per heavy atom. The number of anilines is 2. The number of allylic oxidation sites excluding steroid dienone is 1. The van der Waals surface area contributed by atoms with Gasteiger partial charge < -0.3 is 20.1 Å². The number of rotatable bonds is 5. The van der Waals surface area contributed by atoms with Gasteiger partial charge in [0.1, 0.15) is 11.9 Å². The number of nitrogens with zero attached hydrogens (tertiary/aromatic N) is 3. The normalized spacial score (nSPS) is 15.3. The van der Waals surface area contributed by atoms with E-state index in [4.69, 9.17) is 9.47 Å². The molecule has 0 saturated carbocycles. The third kappa shape index (κ3) is 3.47. The van der Waals surface area contributed by atoms with E-state index in [9.17, 15) is 4.79 Å². The Labute approximate surface area is 174 Å². The van der Waals surface area contributed by atoms with Crippen LogP contribution in [0.5, 0.6) is 11.5 Å². The summed E-state index contributed by atoms with van der Waals surface area (Å²) in [5.74, 6) is 2.17. The molecular formula is C22H23N5O3. The van der Waals surface area contributed by atoms with Crippen LogP contribution in [0.4, 0.5) is 11.6 Å². The summed E-state index contributed by atoms with van der Waals surface area (Å²) in [6.45, 7) is 3.68. The standard InChI is InChI=1S/C22H23N5O3/c1-13-19(21(28)25-16-8-6-5-7-9-16)20(27-22(23-13)24-14(2)26-27)15-10-11-17(29-3)18(12-15)30-4/h5-12,20H,1-4H3,(H,25,28)(H,23,24,26)/t20-/m0/s1. The first kappa shape index (κ1) is 19.5. The van der Waals surface area contributed by atoms with Gasteiger partial charge in [-0.1, -0.05) is 24.3 Å². The molecule has 1 atom stereocenters. The Kier molecular flexibility index (Phi) is 5.14. The molecule has 0 saturated heterocycles. The van der Waals surface area contributed by atoms with E-state index in [1.807, 2.05) is 62.4 Å². The van der Waals surface area contributed by atoms with Gasteiger partial charge in [-0.05, 0) is 43.7 Å². The van der Waals surface area contributed by atoms with Gasteiger partial charge in [-0.15, -0.1) is 0 Å². The van der Waals surface area contributed by atoms with Crippen molar-refractivity contribution in [2.24, 2.45) is 0 Å². The van der Waals surface area contributed by atoms with Crippen molar-refractivity contribution in [2.75, 3.05) is 24.9 Å². The largest absolute Gasteiger partial charge is 0.493 e. The van der Waals surface area contributed by atoms with Crippen LogP contribution in [0, 0.1) is 6.92 Å². The number of ether oxygens (including phenoxy) is 2. The molecule has 0 radical (unpaired) electrons. The third-order valence-electron chi connectivity index (χ3n) is 4.96. The van der Waals surface area contributed by atoms with Crippen LogP contribution in [-0.4, -0.2) is 34.9 Å². The molecule has 30 heavy (non-hydrogen) atoms. The summed E-state index contributed by atoms with van der Waals surface area (Å²) in [6, 6.07) is 14.5. The van der Waals surface area contributed by atoms with Crippen LogP contribution < -0.4 is 20.1 Å². The van der Waals surface area contributed by atoms with Crippen molar-refractivity contribution < 1.29 is 14.3 Å². The second kappa shape index (κ2) is 7.90. The summed E-state index contributed by atoms with van der Waals surface area (Å²) in [5.41, 5.74) is 2.80. The highest BCUT2D eigenvalue weighted by atomic mass is 16.5. The molecular weight excluding hydrogens is 382 g/mol. The summed E-state index contributed by atoms with van der Waals surface area (Å²) < 4.78 is 12.6. The monoisotopic (exact) mass is 405 g/mol. The molecule has 1 aliphatic heterocycles. The number of aromatic nitrogens is 3. The first-order valence-electron chi connectivity index (χ1n) is 9.51. The molecule has 0 unspecified atom stereocenters. The van der Waals surface area contributed by atoms with E-state index < -0.39 is 6.04 Å². The molecule has 2 aromatic carbocycles. The molecule has 3 aromatic rings. The van der Waals surface area contributed by atoms with Crippen molar-refractivity contribution in [1.82, 2.24) is 14.8 Å². The zero-order valence-electron chi connectivity index (χ0n) is 17.3. The van der Waals surface area contributed by atoms with Crippen LogP contribution in [0.15, 0.2) is 59.8 Å². The lowest BCUT2D eigenvalue weighted by Crippen LogP contribution is -2.31. The number of carbonyl (C=O) groups is 1. The molecule has 0 fully saturated rings. The summed E-state index contributed by atoms with van der Waals surface area (Å²) in [4.78, 5) is 17.8. The quantitative estimate of drug-likeness (QED) is 0.675. The summed E-state index contributed by atoms with van der Waals surface area (Å²) in [7, 11) is 3.17. The Bertz CT molecular complexity index is 1120. The molecule has 0 spiro atoms. The van der Waals surface area contributed by atoms with Crippen molar-refractivity contribution in [3.8, 4) is 11.5 Å². The van der Waals surface area contributed by atoms with E-state index in [0.717, 1.165) is 11.3 Å². The van der Waals surface area contributed by atoms with Crippen molar-refractivity contribution in [3.05, 3.63) is 71.2 Å². The molecule has 4 rings (SSSR count). The van der Waals surface area contributed by atoms with Gasteiger partial charge in [0.2, 0.25) is 5.95 Å². The molecule has 2 heterocycles. The molecule has 1 aromatic heterocycles. The number of hydrogen-bond acceptors (Lipinski definition) is 6. The second-order valence-electron chi connectivity index (χ2n) is 6.93. The smallest absolute Gasteiger partial charge is 0.255 e. The van der Waals surface area contributed by atoms with E-state index in [-0.39, 0.29) is 5.91 Å². The lowest BCUT2D eigenvalue weighted by molar-refractivity contribution is -0.113. The SMILES string of the molecule is COc1ccc([C@H]2C(C(=O)Nc3ccccc3)=C(C)Nc3nc(C)nn32)cc1OC. The number of hydrogen-bond donors (Lipinski definition) is 2. The summed E-state index contributed by atoms with van der Waals surface area (Å²) in [6.07, 6.45) is 0. The van der Waals surface area contributed by atoms with Gasteiger partial charge in [0, 0.05) is 11.4 Å². The predicted octanol–water partition coefficient (Wildman–Crippen LogP) is 3.53. The van der Waals surface area contributed by atoms with E-state index in [1.54, 1.807) is 18.9 Å². The fourth-order valence-corrected chi connectivity index (χ4v) is 3.60. The Morgan fingerprint density at radius 3 is 2.50 bits per heavy atom. The van der Waals surface area contributed by atoms with Gasteiger partial charge in [-0.3, -0.25) is 4.79 Å². The lowest BCUT2D eigenvalue weighted by Gasteiger charge is -2.29. The zero-order valence-corrected chi connectivity index (χ0v) is 17.3. The first-order chi connectivity index (χ1) is 14.5. The number of benzene rings is 2. The first-order valence-corrected chi connectivity index (χ1v) is 9.51. The zero-order chi connectivity index (χ0) is 21.3. The summed E-state index contributed by atoms with van der Waals surface area (Å²) >= 11 is 0. The van der Waals surface area contributed by atoms with Gasteiger partial charge in [0.25, 0.3) is 5.91 Å². The molecule has 154 valence electrons. The van der Waals surface area contributed by atoms with Gasteiger partial charge in [-0.25, -0.2) is 4.68 Å². The number of methoxy groups -OCH3 is 2. The van der Waals surface area contributed by atoms with Crippen LogP contribution in [-0.2, 0) is 4.79 Å². The van der Waals surface area contributed by atoms with Crippen LogP contribution in [0.3, 0.4) is 0 Å². The van der Waals surface area contributed by atoms with E-state index in [2.05, 4.69) is 20.7 Å². The molecule has 0 bridgehead atoms. The highest BCUT2D eigenvalue weighted by Gasteiger charge is 2.34. The number of amides is 1. The van der Waals surface area contributed by atoms with Crippen LogP contribution in [0.25, 0.3) is 0 Å². The van der Waals surface area contributed by atoms with Crippen molar-refractivity contribution in [2.45, 2.75) is 19.9 Å². The van der Waals surface area contributed by atoms with Crippen molar-refractivity contribution >= 4 is 17.5 Å². The van der Waals surface area contributed by atoms with Gasteiger partial charge in [-0.2, -0.15) is 10.1 Å². The predicted molar refractivity (Wildman–Crippen MR) is 114 cm³/mol. The molecule has 1 aliphatic rings. The van der Waals surface area contributed by atoms with Gasteiger partial charge in [0.05, 0.1) is 19.8 Å². The van der Waals surface area contributed by atoms with E-state index >= 15 is 0 Å². The average molecular weight is 405 g/mol. The van der Waals surface area contributed by atoms with Gasteiger partial charge >= 0.3 is 0 Å². The van der Waals surface area contributed by atoms with Crippen LogP contribution >= 0.6 is 0 Å². The number of para-hydroxylation sites is 1. The average Bonchev–Trinajstić information content (AvgIpc) is 3.12. The molecule has 8 nitrogen and oxygen atoms in total. The maximum atomic E-state index is 13.3. The van der Waals surface area contributed by atoms with Crippen LogP contribution in [0.1, 0.15) is 24.4 Å². The number of aryl methyl sites for hydroxylation is 1. The minimum Gasteiger partial charge on any atom is -0.493 e. The molecule has 2 N–H and O–H groups in total. The molecule has 1 amide bonds. The summed E-state index contributed by atoms with van der Waals surface area (Å²) in [5, 5.41) is 10.7. The fraction of sp³-hybridized carbons (Fsp3) is 0.227. The Hall–Kier alpha value is -3.81. The Morgan fingerprint density at radius 2 is 1.80 bits per heavy atom. The highest BCUT2D eigenvalue weighted by Crippen LogP contribution is 2.39. The van der Waals surface area contributed by atoms with Crippen LogP contribution in [0.2, 0.25) is 0 Å². The number of carbonyl (C=O) groups excluding carboxylic acids is 1. The van der Waals surface area contributed by atoms with E-state index in [0.29, 0.717) is 34.5 Å². The Balaban J connectivity index is 1.82. The maximum Gasteiger partial charge on any atom is 0.255 e. The minimum absolute atomic E-state index is 0.218. The molecule has 0 aliphatic carbocycles. The highest BCUT2D eigenvalue weighted by molar-refractivity contribution is 6.06. The number of fused-ring (bicyclic) bond motifs is 1. The van der Waals surface area contributed by atoms with Crippen molar-refractivity contribution in [3.63, 3.8) is 0 Å². The molecule has 8 heteroatoms. The van der Waals surface area contributed by atoms with E-state index in [1.165, 1.54) is 0 Å². The van der Waals surface area contributed by atoms with Gasteiger partial charge in [0.15, 0.2) is 11.5 Å². The number of nitrogens with one attached hydrogen (secondary N) is 2. The van der Waals surface area contributed by atoms with Crippen molar-refractivity contribution in [1.29, 1.82) is 0 Å². The minimum atomic E-state index is -0.481. The topological polar surface area (TPSA) is 90.3 Å². The maximum absolute atomic E-state index is 13.3. The third-order valence-corrected chi connectivity index (χ3v) is 4.96.